The molecule has 0 heterocycles. The lowest BCUT2D eigenvalue weighted by atomic mass is 9.95. The molecule has 0 saturated heterocycles. The summed E-state index contributed by atoms with van der Waals surface area (Å²) in [4.78, 5) is 0. The second-order valence-electron chi connectivity index (χ2n) is 4.52. The normalized spacial score (nSPS) is 11.6. The molecule has 0 radical (unpaired) electrons. The summed E-state index contributed by atoms with van der Waals surface area (Å²) in [6.07, 6.45) is 0. The molecule has 0 aromatic heterocycles. The molecule has 16 heavy (non-hydrogen) atoms. The molecule has 0 fully saturated rings. The van der Waals surface area contributed by atoms with Gasteiger partial charge in [-0.15, -0.1) is 0 Å². The third-order valence-electron chi connectivity index (χ3n) is 2.28. The van der Waals surface area contributed by atoms with Crippen molar-refractivity contribution < 1.29 is 13.9 Å². The Morgan fingerprint density at radius 1 is 1.38 bits per heavy atom. The molecule has 0 spiro atoms. The Morgan fingerprint density at radius 3 is 2.56 bits per heavy atom. The maximum Gasteiger partial charge on any atom is 0.151 e. The van der Waals surface area contributed by atoms with Crippen LogP contribution in [0.2, 0.25) is 0 Å². The van der Waals surface area contributed by atoms with E-state index in [9.17, 15) is 8.78 Å². The SMILES string of the molecule is CC(C)(CO)CNc1cc(F)cc(F)c1N. The lowest BCUT2D eigenvalue weighted by Gasteiger charge is -2.23. The van der Waals surface area contributed by atoms with Gasteiger partial charge in [-0.3, -0.25) is 0 Å². The Morgan fingerprint density at radius 2 is 2.00 bits per heavy atom. The van der Waals surface area contributed by atoms with Gasteiger partial charge in [0.1, 0.15) is 5.82 Å². The number of hydrogen-bond donors (Lipinski definition) is 3. The molecule has 0 amide bonds. The number of nitrogens with two attached hydrogens (primary N) is 1. The summed E-state index contributed by atoms with van der Waals surface area (Å²) in [5.41, 5.74) is 5.17. The molecule has 4 N–H and O–H groups in total. The van der Waals surface area contributed by atoms with Crippen molar-refractivity contribution in [3.8, 4) is 0 Å². The quantitative estimate of drug-likeness (QED) is 0.693. The van der Waals surface area contributed by atoms with Gasteiger partial charge in [0, 0.05) is 24.6 Å². The Bertz CT molecular complexity index is 380. The van der Waals surface area contributed by atoms with Gasteiger partial charge in [-0.2, -0.15) is 0 Å². The topological polar surface area (TPSA) is 58.3 Å². The first-order valence-electron chi connectivity index (χ1n) is 4.95. The molecule has 1 aromatic rings. The van der Waals surface area contributed by atoms with Gasteiger partial charge in [-0.25, -0.2) is 8.78 Å². The van der Waals surface area contributed by atoms with E-state index in [0.717, 1.165) is 12.1 Å². The van der Waals surface area contributed by atoms with E-state index in [2.05, 4.69) is 5.32 Å². The molecular formula is C11H16F2N2O. The summed E-state index contributed by atoms with van der Waals surface area (Å²) < 4.78 is 26.0. The van der Waals surface area contributed by atoms with Crippen LogP contribution in [0.15, 0.2) is 12.1 Å². The van der Waals surface area contributed by atoms with Crippen LogP contribution in [0, 0.1) is 17.0 Å². The van der Waals surface area contributed by atoms with Gasteiger partial charge < -0.3 is 16.2 Å². The summed E-state index contributed by atoms with van der Waals surface area (Å²) in [6, 6.07) is 1.86. The molecule has 0 bridgehead atoms. The zero-order valence-corrected chi connectivity index (χ0v) is 9.35. The predicted octanol–water partition coefficient (Wildman–Crippen LogP) is 1.98. The van der Waals surface area contributed by atoms with Crippen LogP contribution in [0.1, 0.15) is 13.8 Å². The van der Waals surface area contributed by atoms with E-state index in [0.29, 0.717) is 6.54 Å². The third kappa shape index (κ3) is 3.06. The van der Waals surface area contributed by atoms with Crippen molar-refractivity contribution in [1.82, 2.24) is 0 Å². The molecule has 0 aliphatic rings. The fourth-order valence-corrected chi connectivity index (χ4v) is 1.12. The van der Waals surface area contributed by atoms with Crippen molar-refractivity contribution in [1.29, 1.82) is 0 Å². The summed E-state index contributed by atoms with van der Waals surface area (Å²) >= 11 is 0. The van der Waals surface area contributed by atoms with Crippen LogP contribution in [0.3, 0.4) is 0 Å². The van der Waals surface area contributed by atoms with E-state index in [4.69, 9.17) is 10.8 Å². The van der Waals surface area contributed by atoms with E-state index in [-0.39, 0.29) is 23.4 Å². The average molecular weight is 230 g/mol. The van der Waals surface area contributed by atoms with Crippen molar-refractivity contribution in [3.63, 3.8) is 0 Å². The van der Waals surface area contributed by atoms with Crippen LogP contribution in [0.25, 0.3) is 0 Å². The third-order valence-corrected chi connectivity index (χ3v) is 2.28. The molecule has 0 aliphatic heterocycles. The number of benzene rings is 1. The fraction of sp³-hybridized carbons (Fsp3) is 0.455. The van der Waals surface area contributed by atoms with Crippen LogP contribution in [0.5, 0.6) is 0 Å². The first-order valence-corrected chi connectivity index (χ1v) is 4.95. The zero-order chi connectivity index (χ0) is 12.3. The minimum absolute atomic E-state index is 0.0301. The summed E-state index contributed by atoms with van der Waals surface area (Å²) in [5, 5.41) is 11.9. The highest BCUT2D eigenvalue weighted by Crippen LogP contribution is 2.25. The lowest BCUT2D eigenvalue weighted by molar-refractivity contribution is 0.171. The Labute approximate surface area is 93.3 Å². The summed E-state index contributed by atoms with van der Waals surface area (Å²) in [7, 11) is 0. The van der Waals surface area contributed by atoms with Gasteiger partial charge in [0.25, 0.3) is 0 Å². The summed E-state index contributed by atoms with van der Waals surface area (Å²) in [5.74, 6) is -1.47. The van der Waals surface area contributed by atoms with Gasteiger partial charge in [0.15, 0.2) is 5.82 Å². The minimum atomic E-state index is -0.788. The van der Waals surface area contributed by atoms with Crippen LogP contribution < -0.4 is 11.1 Å². The fourth-order valence-electron chi connectivity index (χ4n) is 1.12. The number of rotatable bonds is 4. The lowest BCUT2D eigenvalue weighted by Crippen LogP contribution is -2.27. The molecule has 0 atom stereocenters. The van der Waals surface area contributed by atoms with E-state index in [1.54, 1.807) is 0 Å². The van der Waals surface area contributed by atoms with Crippen molar-refractivity contribution in [2.45, 2.75) is 13.8 Å². The van der Waals surface area contributed by atoms with Gasteiger partial charge in [-0.1, -0.05) is 13.8 Å². The predicted molar refractivity (Wildman–Crippen MR) is 60.1 cm³/mol. The largest absolute Gasteiger partial charge is 0.396 e. The standard InChI is InChI=1S/C11H16F2N2O/c1-11(2,6-16)5-15-9-4-7(12)3-8(13)10(9)14/h3-4,15-16H,5-6,14H2,1-2H3. The summed E-state index contributed by atoms with van der Waals surface area (Å²) in [6.45, 7) is 3.99. The Kier molecular flexibility index (Phi) is 3.70. The molecule has 1 aromatic carbocycles. The molecule has 5 heteroatoms. The van der Waals surface area contributed by atoms with Gasteiger partial charge in [-0.05, 0) is 6.07 Å². The van der Waals surface area contributed by atoms with Crippen molar-refractivity contribution in [3.05, 3.63) is 23.8 Å². The molecule has 0 aliphatic carbocycles. The zero-order valence-electron chi connectivity index (χ0n) is 9.35. The van der Waals surface area contributed by atoms with Crippen LogP contribution in [-0.2, 0) is 0 Å². The van der Waals surface area contributed by atoms with Crippen LogP contribution in [0.4, 0.5) is 20.2 Å². The van der Waals surface area contributed by atoms with Crippen molar-refractivity contribution in [2.24, 2.45) is 5.41 Å². The number of nitrogen functional groups attached to an aromatic ring is 1. The first kappa shape index (κ1) is 12.7. The van der Waals surface area contributed by atoms with E-state index in [1.807, 2.05) is 13.8 Å². The van der Waals surface area contributed by atoms with E-state index in [1.165, 1.54) is 0 Å². The van der Waals surface area contributed by atoms with Gasteiger partial charge >= 0.3 is 0 Å². The second-order valence-corrected chi connectivity index (χ2v) is 4.52. The van der Waals surface area contributed by atoms with Gasteiger partial charge in [0.2, 0.25) is 0 Å². The van der Waals surface area contributed by atoms with Crippen LogP contribution >= 0.6 is 0 Å². The highest BCUT2D eigenvalue weighted by Gasteiger charge is 2.17. The first-order chi connectivity index (χ1) is 7.35. The van der Waals surface area contributed by atoms with Crippen LogP contribution in [-0.4, -0.2) is 18.3 Å². The molecule has 0 unspecified atom stereocenters. The second kappa shape index (κ2) is 4.65. The number of aliphatic hydroxyl groups excluding tert-OH is 1. The maximum absolute atomic E-state index is 13.1. The maximum atomic E-state index is 13.1. The minimum Gasteiger partial charge on any atom is -0.396 e. The van der Waals surface area contributed by atoms with Crippen molar-refractivity contribution in [2.75, 3.05) is 24.2 Å². The number of aliphatic hydroxyl groups is 1. The van der Waals surface area contributed by atoms with Gasteiger partial charge in [0.05, 0.1) is 11.4 Å². The monoisotopic (exact) mass is 230 g/mol. The molecular weight excluding hydrogens is 214 g/mol. The Balaban J connectivity index is 2.82. The highest BCUT2D eigenvalue weighted by molar-refractivity contribution is 5.66. The number of hydrogen-bond acceptors (Lipinski definition) is 3. The average Bonchev–Trinajstić information content (AvgIpc) is 2.21. The molecule has 1 rings (SSSR count). The highest BCUT2D eigenvalue weighted by atomic mass is 19.1. The number of halogens is 2. The molecule has 3 nitrogen and oxygen atoms in total. The molecule has 90 valence electrons. The smallest absolute Gasteiger partial charge is 0.151 e. The number of nitrogens with one attached hydrogen (secondary N) is 1. The number of anilines is 2. The molecule has 0 saturated carbocycles. The van der Waals surface area contributed by atoms with E-state index < -0.39 is 11.6 Å². The Hall–Kier alpha value is -1.36. The van der Waals surface area contributed by atoms with Crippen molar-refractivity contribution >= 4 is 11.4 Å². The van der Waals surface area contributed by atoms with E-state index >= 15 is 0 Å².